The van der Waals surface area contributed by atoms with Crippen LogP contribution in [0, 0.1) is 5.92 Å². The second kappa shape index (κ2) is 5.73. The monoisotopic (exact) mass is 366 g/mol. The zero-order valence-electron chi connectivity index (χ0n) is 15.0. The van der Waals surface area contributed by atoms with Crippen LogP contribution in [0.5, 0.6) is 11.5 Å². The normalized spacial score (nSPS) is 33.3. The van der Waals surface area contributed by atoms with Crippen molar-refractivity contribution in [2.24, 2.45) is 5.92 Å². The van der Waals surface area contributed by atoms with Crippen molar-refractivity contribution >= 4 is 5.91 Å². The summed E-state index contributed by atoms with van der Waals surface area (Å²) < 4.78 is 11.1. The lowest BCUT2D eigenvalue weighted by molar-refractivity contribution is -0.00359. The number of nitrogens with zero attached hydrogens (tertiary/aromatic N) is 3. The molecule has 5 aliphatic rings. The predicted octanol–water partition coefficient (Wildman–Crippen LogP) is 1.84. The Bertz CT molecular complexity index is 875. The maximum absolute atomic E-state index is 13.2. The van der Waals surface area contributed by atoms with Crippen molar-refractivity contribution in [2.75, 3.05) is 26.4 Å². The van der Waals surface area contributed by atoms with E-state index in [9.17, 15) is 4.79 Å². The molecule has 7 rings (SSSR count). The van der Waals surface area contributed by atoms with Crippen molar-refractivity contribution in [1.82, 2.24) is 20.0 Å². The molecule has 1 aromatic carbocycles. The summed E-state index contributed by atoms with van der Waals surface area (Å²) in [4.78, 5) is 17.9. The number of likely N-dealkylation sites (tertiary alicyclic amines) is 1. The van der Waals surface area contributed by atoms with E-state index in [-0.39, 0.29) is 18.7 Å². The molecule has 5 aliphatic heterocycles. The molecule has 1 amide bonds. The first-order chi connectivity index (χ1) is 13.3. The van der Waals surface area contributed by atoms with Gasteiger partial charge in [0.15, 0.2) is 11.5 Å². The summed E-state index contributed by atoms with van der Waals surface area (Å²) in [5.41, 5.74) is 1.82. The van der Waals surface area contributed by atoms with Gasteiger partial charge in [0.05, 0.1) is 6.04 Å². The van der Waals surface area contributed by atoms with E-state index in [4.69, 9.17) is 9.47 Å². The third-order valence-corrected chi connectivity index (χ3v) is 6.81. The lowest BCUT2D eigenvalue weighted by Gasteiger charge is -2.51. The van der Waals surface area contributed by atoms with Crippen LogP contribution in [0.3, 0.4) is 0 Å². The van der Waals surface area contributed by atoms with Gasteiger partial charge in [-0.1, -0.05) is 6.07 Å². The molecule has 7 heteroatoms. The number of carbonyl (C=O) groups excluding carboxylic acids is 1. The summed E-state index contributed by atoms with van der Waals surface area (Å²) in [5.74, 6) is 2.58. The van der Waals surface area contributed by atoms with E-state index in [1.807, 2.05) is 6.07 Å². The molecule has 4 fully saturated rings. The van der Waals surface area contributed by atoms with Gasteiger partial charge >= 0.3 is 0 Å². The molecule has 0 saturated carbocycles. The van der Waals surface area contributed by atoms with E-state index in [1.165, 1.54) is 18.4 Å². The third kappa shape index (κ3) is 2.24. The number of nitrogens with one attached hydrogen (secondary N) is 1. The van der Waals surface area contributed by atoms with Crippen molar-refractivity contribution in [3.63, 3.8) is 0 Å². The zero-order valence-corrected chi connectivity index (χ0v) is 15.0. The van der Waals surface area contributed by atoms with Gasteiger partial charge in [-0.2, -0.15) is 5.10 Å². The number of rotatable bonds is 2. The molecule has 2 bridgehead atoms. The SMILES string of the molecule is O=C(c1ccn[nH]1)N1C[C@H](c2ccc3c(c2)OCO3)[C@@H]2[C@H]1C1CCN2CC1. The lowest BCUT2D eigenvalue weighted by Crippen LogP contribution is -2.60. The highest BCUT2D eigenvalue weighted by Gasteiger charge is 2.54. The first kappa shape index (κ1) is 15.5. The first-order valence-corrected chi connectivity index (χ1v) is 9.73. The highest BCUT2D eigenvalue weighted by atomic mass is 16.7. The smallest absolute Gasteiger partial charge is 0.272 e. The Morgan fingerprint density at radius 1 is 1.11 bits per heavy atom. The van der Waals surface area contributed by atoms with E-state index in [1.54, 1.807) is 12.3 Å². The average molecular weight is 366 g/mol. The van der Waals surface area contributed by atoms with Crippen LogP contribution in [-0.4, -0.2) is 64.4 Å². The molecule has 2 aromatic rings. The van der Waals surface area contributed by atoms with Crippen molar-refractivity contribution in [2.45, 2.75) is 30.8 Å². The number of piperidine rings is 3. The number of ether oxygens (including phenoxy) is 2. The highest BCUT2D eigenvalue weighted by molar-refractivity contribution is 5.93. The Balaban J connectivity index is 1.39. The largest absolute Gasteiger partial charge is 0.454 e. The average Bonchev–Trinajstić information content (AvgIpc) is 3.47. The molecule has 0 unspecified atom stereocenters. The first-order valence-electron chi connectivity index (χ1n) is 9.73. The highest BCUT2D eigenvalue weighted by Crippen LogP contribution is 2.48. The number of hydrogen-bond donors (Lipinski definition) is 1. The van der Waals surface area contributed by atoms with Gasteiger partial charge in [0.25, 0.3) is 5.91 Å². The number of aromatic nitrogens is 2. The van der Waals surface area contributed by atoms with Gasteiger partial charge in [-0.15, -0.1) is 0 Å². The number of carbonyl (C=O) groups is 1. The zero-order chi connectivity index (χ0) is 18.0. The van der Waals surface area contributed by atoms with Gasteiger partial charge < -0.3 is 14.4 Å². The number of aromatic amines is 1. The standard InChI is InChI=1S/C20H22N4O3/c25-20(15-3-6-21-22-15)24-10-14(13-1-2-16-17(9-13)27-11-26-16)19-18(24)12-4-7-23(19)8-5-12/h1-3,6,9,12,14,18-19H,4-5,7-8,10-11H2,(H,21,22)/t14-,18-,19-/m1/s1. The van der Waals surface area contributed by atoms with E-state index in [0.717, 1.165) is 31.1 Å². The molecular formula is C20H22N4O3. The van der Waals surface area contributed by atoms with Crippen LogP contribution in [-0.2, 0) is 0 Å². The van der Waals surface area contributed by atoms with E-state index in [2.05, 4.69) is 32.1 Å². The van der Waals surface area contributed by atoms with Crippen LogP contribution in [0.1, 0.15) is 34.8 Å². The van der Waals surface area contributed by atoms with Crippen LogP contribution in [0.2, 0.25) is 0 Å². The molecule has 4 saturated heterocycles. The molecule has 140 valence electrons. The molecular weight excluding hydrogens is 344 g/mol. The Morgan fingerprint density at radius 3 is 2.78 bits per heavy atom. The Kier molecular flexibility index (Phi) is 3.29. The molecule has 1 aromatic heterocycles. The van der Waals surface area contributed by atoms with Crippen molar-refractivity contribution in [1.29, 1.82) is 0 Å². The Labute approximate surface area is 157 Å². The van der Waals surface area contributed by atoms with Crippen LogP contribution >= 0.6 is 0 Å². The van der Waals surface area contributed by atoms with Gasteiger partial charge in [-0.25, -0.2) is 0 Å². The van der Waals surface area contributed by atoms with Gasteiger partial charge in [-0.3, -0.25) is 14.8 Å². The van der Waals surface area contributed by atoms with Gasteiger partial charge in [0, 0.05) is 24.7 Å². The summed E-state index contributed by atoms with van der Waals surface area (Å²) in [5, 5.41) is 6.82. The molecule has 0 spiro atoms. The molecule has 3 atom stereocenters. The maximum Gasteiger partial charge on any atom is 0.272 e. The number of fused-ring (bicyclic) bond motifs is 3. The minimum absolute atomic E-state index is 0.0690. The topological polar surface area (TPSA) is 70.7 Å². The van der Waals surface area contributed by atoms with Crippen LogP contribution < -0.4 is 9.47 Å². The van der Waals surface area contributed by atoms with Crippen LogP contribution in [0.4, 0.5) is 0 Å². The van der Waals surface area contributed by atoms with E-state index in [0.29, 0.717) is 23.6 Å². The number of amides is 1. The fraction of sp³-hybridized carbons (Fsp3) is 0.500. The van der Waals surface area contributed by atoms with Gasteiger partial charge in [-0.05, 0) is 55.6 Å². The second-order valence-electron chi connectivity index (χ2n) is 8.00. The molecule has 0 aliphatic carbocycles. The fourth-order valence-corrected chi connectivity index (χ4v) is 5.62. The van der Waals surface area contributed by atoms with Crippen molar-refractivity contribution < 1.29 is 14.3 Å². The minimum Gasteiger partial charge on any atom is -0.454 e. The number of H-pyrrole nitrogens is 1. The van der Waals surface area contributed by atoms with Crippen molar-refractivity contribution in [3.05, 3.63) is 41.7 Å². The predicted molar refractivity (Wildman–Crippen MR) is 96.8 cm³/mol. The third-order valence-electron chi connectivity index (χ3n) is 6.81. The Morgan fingerprint density at radius 2 is 1.96 bits per heavy atom. The lowest BCUT2D eigenvalue weighted by atomic mass is 9.75. The van der Waals surface area contributed by atoms with Crippen molar-refractivity contribution in [3.8, 4) is 11.5 Å². The molecule has 0 radical (unpaired) electrons. The maximum atomic E-state index is 13.2. The minimum atomic E-state index is 0.0690. The van der Waals surface area contributed by atoms with E-state index >= 15 is 0 Å². The van der Waals surface area contributed by atoms with Crippen LogP contribution in [0.15, 0.2) is 30.5 Å². The number of benzene rings is 1. The summed E-state index contributed by atoms with van der Waals surface area (Å²) >= 11 is 0. The summed E-state index contributed by atoms with van der Waals surface area (Å²) in [6, 6.07) is 8.68. The fourth-order valence-electron chi connectivity index (χ4n) is 5.62. The second-order valence-corrected chi connectivity index (χ2v) is 8.00. The number of hydrogen-bond acceptors (Lipinski definition) is 5. The summed E-state index contributed by atoms with van der Waals surface area (Å²) in [6.07, 6.45) is 4.01. The molecule has 27 heavy (non-hydrogen) atoms. The Hall–Kier alpha value is -2.54. The molecule has 6 heterocycles. The van der Waals surface area contributed by atoms with Gasteiger partial charge in [0.2, 0.25) is 6.79 Å². The van der Waals surface area contributed by atoms with E-state index < -0.39 is 0 Å². The quantitative estimate of drug-likeness (QED) is 0.878. The van der Waals surface area contributed by atoms with Gasteiger partial charge in [0.1, 0.15) is 5.69 Å². The molecule has 1 N–H and O–H groups in total. The van der Waals surface area contributed by atoms with Crippen LogP contribution in [0.25, 0.3) is 0 Å². The molecule has 7 nitrogen and oxygen atoms in total. The summed E-state index contributed by atoms with van der Waals surface area (Å²) in [7, 11) is 0. The summed E-state index contributed by atoms with van der Waals surface area (Å²) in [6.45, 7) is 3.30.